The zero-order chi connectivity index (χ0) is 14.6. The van der Waals surface area contributed by atoms with Gasteiger partial charge in [-0.1, -0.05) is 44.2 Å². The fraction of sp³-hybridized carbons (Fsp3) is 0.588. The maximum Gasteiger partial charge on any atom is 0.233 e. The van der Waals surface area contributed by atoms with E-state index in [1.165, 1.54) is 12.8 Å². The van der Waals surface area contributed by atoms with E-state index in [-0.39, 0.29) is 11.2 Å². The van der Waals surface area contributed by atoms with Crippen LogP contribution in [0.5, 0.6) is 0 Å². The molecule has 1 amide bonds. The lowest BCUT2D eigenvalue weighted by Gasteiger charge is -2.35. The Morgan fingerprint density at radius 1 is 1.30 bits per heavy atom. The molecule has 1 fully saturated rings. The normalized spacial score (nSPS) is 20.4. The van der Waals surface area contributed by atoms with Crippen molar-refractivity contribution >= 4 is 18.5 Å². The number of hydrogen-bond acceptors (Lipinski definition) is 2. The molecule has 1 saturated carbocycles. The average molecular weight is 291 g/mol. The van der Waals surface area contributed by atoms with Crippen LogP contribution in [0, 0.1) is 5.41 Å². The first-order valence-electron chi connectivity index (χ1n) is 7.49. The lowest BCUT2D eigenvalue weighted by atomic mass is 9.75. The van der Waals surface area contributed by atoms with E-state index in [4.69, 9.17) is 0 Å². The van der Waals surface area contributed by atoms with Crippen molar-refractivity contribution in [2.75, 3.05) is 0 Å². The van der Waals surface area contributed by atoms with Gasteiger partial charge in [0.25, 0.3) is 0 Å². The number of carbonyl (C=O) groups is 1. The van der Waals surface area contributed by atoms with E-state index in [0.29, 0.717) is 17.9 Å². The molecule has 0 radical (unpaired) electrons. The second-order valence-electron chi connectivity index (χ2n) is 6.65. The third kappa shape index (κ3) is 4.55. The monoisotopic (exact) mass is 291 g/mol. The molecule has 1 unspecified atom stereocenters. The molecule has 0 heterocycles. The van der Waals surface area contributed by atoms with Gasteiger partial charge in [-0.25, -0.2) is 0 Å². The highest BCUT2D eigenvalue weighted by Crippen LogP contribution is 2.35. The summed E-state index contributed by atoms with van der Waals surface area (Å²) in [7, 11) is 0. The van der Waals surface area contributed by atoms with Gasteiger partial charge in [0, 0.05) is 6.04 Å². The van der Waals surface area contributed by atoms with Gasteiger partial charge < -0.3 is 5.32 Å². The van der Waals surface area contributed by atoms with Crippen LogP contribution in [0.3, 0.4) is 0 Å². The highest BCUT2D eigenvalue weighted by Gasteiger charge is 2.28. The SMILES string of the molecule is CC1(C)CCC(NC(=O)C(S)Cc2ccccc2)CC1. The Bertz CT molecular complexity index is 434. The summed E-state index contributed by atoms with van der Waals surface area (Å²) in [5, 5.41) is 2.90. The van der Waals surface area contributed by atoms with Gasteiger partial charge >= 0.3 is 0 Å². The zero-order valence-electron chi connectivity index (χ0n) is 12.4. The van der Waals surface area contributed by atoms with Crippen LogP contribution in [-0.2, 0) is 11.2 Å². The molecule has 2 rings (SSSR count). The predicted molar refractivity (Wildman–Crippen MR) is 87.1 cm³/mol. The fourth-order valence-electron chi connectivity index (χ4n) is 2.77. The molecule has 0 bridgehead atoms. The summed E-state index contributed by atoms with van der Waals surface area (Å²) in [6, 6.07) is 10.4. The second-order valence-corrected chi connectivity index (χ2v) is 7.28. The van der Waals surface area contributed by atoms with Gasteiger partial charge in [-0.15, -0.1) is 0 Å². The van der Waals surface area contributed by atoms with Gasteiger partial charge in [0.2, 0.25) is 5.91 Å². The molecular formula is C17H25NOS. The van der Waals surface area contributed by atoms with Gasteiger partial charge in [-0.3, -0.25) is 4.79 Å². The Morgan fingerprint density at radius 3 is 2.50 bits per heavy atom. The zero-order valence-corrected chi connectivity index (χ0v) is 13.3. The molecule has 110 valence electrons. The minimum atomic E-state index is -0.257. The number of thiol groups is 1. The Labute approximate surface area is 127 Å². The minimum Gasteiger partial charge on any atom is -0.352 e. The Morgan fingerprint density at radius 2 is 1.90 bits per heavy atom. The van der Waals surface area contributed by atoms with Crippen LogP contribution in [-0.4, -0.2) is 17.2 Å². The number of carbonyl (C=O) groups excluding carboxylic acids is 1. The van der Waals surface area contributed by atoms with Crippen LogP contribution in [0.25, 0.3) is 0 Å². The summed E-state index contributed by atoms with van der Waals surface area (Å²) in [5.74, 6) is 0.0712. The quantitative estimate of drug-likeness (QED) is 0.815. The molecule has 0 saturated heterocycles. The van der Waals surface area contributed by atoms with E-state index >= 15 is 0 Å². The van der Waals surface area contributed by atoms with E-state index in [9.17, 15) is 4.79 Å². The number of benzene rings is 1. The lowest BCUT2D eigenvalue weighted by molar-refractivity contribution is -0.121. The molecule has 0 aliphatic heterocycles. The van der Waals surface area contributed by atoms with Crippen LogP contribution < -0.4 is 5.32 Å². The predicted octanol–water partition coefficient (Wildman–Crippen LogP) is 3.61. The number of rotatable bonds is 4. The Hall–Kier alpha value is -0.960. The first-order valence-corrected chi connectivity index (χ1v) is 8.00. The topological polar surface area (TPSA) is 29.1 Å². The molecule has 0 spiro atoms. The average Bonchev–Trinajstić information content (AvgIpc) is 2.42. The standard InChI is InChI=1S/C17H25NOS/c1-17(2)10-8-14(9-11-17)18-16(19)15(20)12-13-6-4-3-5-7-13/h3-7,14-15,20H,8-12H2,1-2H3,(H,18,19). The van der Waals surface area contributed by atoms with Gasteiger partial charge in [0.1, 0.15) is 0 Å². The van der Waals surface area contributed by atoms with Crippen LogP contribution >= 0.6 is 12.6 Å². The van der Waals surface area contributed by atoms with Crippen molar-refractivity contribution in [3.05, 3.63) is 35.9 Å². The van der Waals surface area contributed by atoms with Gasteiger partial charge in [0.05, 0.1) is 5.25 Å². The number of nitrogens with one attached hydrogen (secondary N) is 1. The van der Waals surface area contributed by atoms with Crippen molar-refractivity contribution in [2.24, 2.45) is 5.41 Å². The van der Waals surface area contributed by atoms with Crippen molar-refractivity contribution in [2.45, 2.75) is 57.2 Å². The summed E-state index contributed by atoms with van der Waals surface area (Å²) in [4.78, 5) is 12.2. The molecule has 1 N–H and O–H groups in total. The highest BCUT2D eigenvalue weighted by atomic mass is 32.1. The van der Waals surface area contributed by atoms with E-state index in [1.807, 2.05) is 30.3 Å². The van der Waals surface area contributed by atoms with E-state index in [1.54, 1.807) is 0 Å². The summed E-state index contributed by atoms with van der Waals surface area (Å²) in [5.41, 5.74) is 1.60. The fourth-order valence-corrected chi connectivity index (χ4v) is 3.06. The molecule has 1 aromatic carbocycles. The Balaban J connectivity index is 1.80. The largest absolute Gasteiger partial charge is 0.352 e. The number of amides is 1. The van der Waals surface area contributed by atoms with Crippen molar-refractivity contribution < 1.29 is 4.79 Å². The number of hydrogen-bond donors (Lipinski definition) is 2. The Kier molecular flexibility index (Phi) is 5.14. The summed E-state index contributed by atoms with van der Waals surface area (Å²) in [6.45, 7) is 4.61. The van der Waals surface area contributed by atoms with Crippen molar-refractivity contribution in [3.63, 3.8) is 0 Å². The lowest BCUT2D eigenvalue weighted by Crippen LogP contribution is -2.43. The van der Waals surface area contributed by atoms with Crippen LogP contribution in [0.1, 0.15) is 45.1 Å². The van der Waals surface area contributed by atoms with Crippen LogP contribution in [0.2, 0.25) is 0 Å². The molecule has 3 heteroatoms. The van der Waals surface area contributed by atoms with E-state index in [2.05, 4.69) is 31.8 Å². The van der Waals surface area contributed by atoms with Crippen molar-refractivity contribution in [1.29, 1.82) is 0 Å². The smallest absolute Gasteiger partial charge is 0.233 e. The van der Waals surface area contributed by atoms with Crippen LogP contribution in [0.4, 0.5) is 0 Å². The molecule has 0 aromatic heterocycles. The van der Waals surface area contributed by atoms with Gasteiger partial charge in [-0.2, -0.15) is 12.6 Å². The highest BCUT2D eigenvalue weighted by molar-refractivity contribution is 7.81. The molecule has 1 aromatic rings. The van der Waals surface area contributed by atoms with Gasteiger partial charge in [0.15, 0.2) is 0 Å². The van der Waals surface area contributed by atoms with Crippen molar-refractivity contribution in [1.82, 2.24) is 5.32 Å². The van der Waals surface area contributed by atoms with Crippen molar-refractivity contribution in [3.8, 4) is 0 Å². The minimum absolute atomic E-state index is 0.0712. The summed E-state index contributed by atoms with van der Waals surface area (Å²) >= 11 is 4.46. The molecule has 20 heavy (non-hydrogen) atoms. The summed E-state index contributed by atoms with van der Waals surface area (Å²) < 4.78 is 0. The summed E-state index contributed by atoms with van der Waals surface area (Å²) in [6.07, 6.45) is 5.24. The molecule has 2 nitrogen and oxygen atoms in total. The van der Waals surface area contributed by atoms with Crippen LogP contribution in [0.15, 0.2) is 30.3 Å². The maximum absolute atomic E-state index is 12.2. The maximum atomic E-state index is 12.2. The third-order valence-electron chi connectivity index (χ3n) is 4.26. The van der Waals surface area contributed by atoms with E-state index < -0.39 is 0 Å². The molecule has 1 atom stereocenters. The second kappa shape index (κ2) is 6.66. The first-order chi connectivity index (χ1) is 9.46. The third-order valence-corrected chi connectivity index (χ3v) is 4.68. The molecule has 1 aliphatic rings. The molecular weight excluding hydrogens is 266 g/mol. The van der Waals surface area contributed by atoms with E-state index in [0.717, 1.165) is 18.4 Å². The van der Waals surface area contributed by atoms with Gasteiger partial charge in [-0.05, 0) is 43.1 Å². The first kappa shape index (κ1) is 15.4. The molecule has 1 aliphatic carbocycles.